The van der Waals surface area contributed by atoms with Gasteiger partial charge in [0.1, 0.15) is 0 Å². The van der Waals surface area contributed by atoms with Gasteiger partial charge < -0.3 is 11.5 Å². The number of allylic oxidation sites excluding steroid dienone is 2. The molecule has 2 heteroatoms. The molecule has 0 spiro atoms. The van der Waals surface area contributed by atoms with Crippen LogP contribution in [-0.2, 0) is 0 Å². The highest BCUT2D eigenvalue weighted by molar-refractivity contribution is 5.23. The van der Waals surface area contributed by atoms with E-state index in [1.807, 2.05) is 0 Å². The number of hydrogen-bond acceptors (Lipinski definition) is 2. The lowest BCUT2D eigenvalue weighted by Gasteiger charge is -2.51. The fourth-order valence-electron chi connectivity index (χ4n) is 3.07. The summed E-state index contributed by atoms with van der Waals surface area (Å²) < 4.78 is 0. The van der Waals surface area contributed by atoms with Gasteiger partial charge in [0, 0.05) is 0 Å². The predicted molar refractivity (Wildman–Crippen MR) is 55.1 cm³/mol. The van der Waals surface area contributed by atoms with E-state index in [4.69, 9.17) is 11.5 Å². The second kappa shape index (κ2) is 3.10. The summed E-state index contributed by atoms with van der Waals surface area (Å²) in [4.78, 5) is 0. The first-order valence-electron chi connectivity index (χ1n) is 5.35. The van der Waals surface area contributed by atoms with Gasteiger partial charge in [-0.2, -0.15) is 0 Å². The molecule has 0 aromatic carbocycles. The first-order chi connectivity index (χ1) is 6.25. The number of nitrogens with two attached hydrogens (primary N) is 2. The fraction of sp³-hybridized carbons (Fsp3) is 0.818. The van der Waals surface area contributed by atoms with Crippen molar-refractivity contribution < 1.29 is 0 Å². The van der Waals surface area contributed by atoms with E-state index in [1.54, 1.807) is 5.57 Å². The molecule has 0 bridgehead atoms. The van der Waals surface area contributed by atoms with Crippen LogP contribution in [-0.4, -0.2) is 13.1 Å². The minimum atomic E-state index is 0.290. The van der Waals surface area contributed by atoms with Crippen LogP contribution in [0, 0.1) is 17.3 Å². The molecular weight excluding hydrogens is 160 g/mol. The maximum atomic E-state index is 5.82. The molecule has 2 aliphatic rings. The first-order valence-corrected chi connectivity index (χ1v) is 5.35. The van der Waals surface area contributed by atoms with E-state index in [1.165, 1.54) is 19.3 Å². The smallest absolute Gasteiger partial charge is 0.000522 e. The second-order valence-electron chi connectivity index (χ2n) is 4.63. The van der Waals surface area contributed by atoms with Crippen molar-refractivity contribution in [2.45, 2.75) is 26.2 Å². The van der Waals surface area contributed by atoms with Gasteiger partial charge in [0.25, 0.3) is 0 Å². The molecule has 2 aliphatic carbocycles. The lowest BCUT2D eigenvalue weighted by Crippen LogP contribution is -2.54. The lowest BCUT2D eigenvalue weighted by molar-refractivity contribution is 0.0101. The first kappa shape index (κ1) is 9.22. The van der Waals surface area contributed by atoms with E-state index in [-0.39, 0.29) is 5.41 Å². The summed E-state index contributed by atoms with van der Waals surface area (Å²) >= 11 is 0. The maximum Gasteiger partial charge on any atom is -0.000522 e. The molecule has 0 radical (unpaired) electrons. The third-order valence-corrected chi connectivity index (χ3v) is 4.14. The van der Waals surface area contributed by atoms with Gasteiger partial charge in [-0.1, -0.05) is 18.6 Å². The van der Waals surface area contributed by atoms with Crippen molar-refractivity contribution in [2.24, 2.45) is 28.7 Å². The van der Waals surface area contributed by atoms with E-state index >= 15 is 0 Å². The molecule has 0 amide bonds. The van der Waals surface area contributed by atoms with Crippen LogP contribution in [0.5, 0.6) is 0 Å². The molecule has 0 heterocycles. The molecular formula is C11H20N2. The lowest BCUT2D eigenvalue weighted by atomic mass is 9.54. The molecule has 1 saturated carbocycles. The Bertz CT molecular complexity index is 228. The van der Waals surface area contributed by atoms with Gasteiger partial charge in [0.2, 0.25) is 0 Å². The van der Waals surface area contributed by atoms with Crippen LogP contribution < -0.4 is 11.5 Å². The van der Waals surface area contributed by atoms with Crippen LogP contribution in [0.3, 0.4) is 0 Å². The second-order valence-corrected chi connectivity index (χ2v) is 4.63. The summed E-state index contributed by atoms with van der Waals surface area (Å²) in [7, 11) is 0. The average Bonchev–Trinajstić information content (AvgIpc) is 2.48. The number of fused-ring (bicyclic) bond motifs is 1. The zero-order chi connectivity index (χ0) is 9.47. The van der Waals surface area contributed by atoms with Gasteiger partial charge in [-0.3, -0.25) is 0 Å². The van der Waals surface area contributed by atoms with Crippen molar-refractivity contribution in [3.8, 4) is 0 Å². The summed E-state index contributed by atoms with van der Waals surface area (Å²) in [6.07, 6.45) is 6.16. The largest absolute Gasteiger partial charge is 0.330 e. The van der Waals surface area contributed by atoms with Crippen molar-refractivity contribution in [3.05, 3.63) is 11.6 Å². The Balaban J connectivity index is 2.06. The van der Waals surface area contributed by atoms with Crippen molar-refractivity contribution in [1.29, 1.82) is 0 Å². The summed E-state index contributed by atoms with van der Waals surface area (Å²) in [5.41, 5.74) is 13.6. The zero-order valence-corrected chi connectivity index (χ0v) is 8.42. The third-order valence-electron chi connectivity index (χ3n) is 4.14. The van der Waals surface area contributed by atoms with Crippen molar-refractivity contribution >= 4 is 0 Å². The maximum absolute atomic E-state index is 5.82. The summed E-state index contributed by atoms with van der Waals surface area (Å²) in [5.74, 6) is 1.58. The van der Waals surface area contributed by atoms with E-state index in [0.717, 1.165) is 24.9 Å². The Labute approximate surface area is 80.4 Å². The van der Waals surface area contributed by atoms with E-state index in [0.29, 0.717) is 0 Å². The quantitative estimate of drug-likeness (QED) is 0.643. The molecule has 13 heavy (non-hydrogen) atoms. The van der Waals surface area contributed by atoms with E-state index in [2.05, 4.69) is 13.0 Å². The Kier molecular flexibility index (Phi) is 2.20. The topological polar surface area (TPSA) is 52.0 Å². The molecule has 0 aromatic heterocycles. The Morgan fingerprint density at radius 3 is 2.69 bits per heavy atom. The average molecular weight is 180 g/mol. The molecule has 2 rings (SSSR count). The Morgan fingerprint density at radius 2 is 2.15 bits per heavy atom. The summed E-state index contributed by atoms with van der Waals surface area (Å²) in [6.45, 7) is 3.79. The van der Waals surface area contributed by atoms with Crippen molar-refractivity contribution in [2.75, 3.05) is 13.1 Å². The molecule has 0 aromatic rings. The van der Waals surface area contributed by atoms with Gasteiger partial charge in [-0.25, -0.2) is 0 Å². The van der Waals surface area contributed by atoms with E-state index in [9.17, 15) is 0 Å². The van der Waals surface area contributed by atoms with E-state index < -0.39 is 0 Å². The molecule has 0 saturated heterocycles. The Hall–Kier alpha value is -0.340. The van der Waals surface area contributed by atoms with Gasteiger partial charge in [-0.15, -0.1) is 0 Å². The molecule has 74 valence electrons. The van der Waals surface area contributed by atoms with Gasteiger partial charge >= 0.3 is 0 Å². The third kappa shape index (κ3) is 1.16. The van der Waals surface area contributed by atoms with Gasteiger partial charge in [0.05, 0.1) is 0 Å². The highest BCUT2D eigenvalue weighted by atomic mass is 14.7. The number of hydrogen-bond donors (Lipinski definition) is 2. The fourth-order valence-corrected chi connectivity index (χ4v) is 3.07. The molecule has 2 atom stereocenters. The summed E-state index contributed by atoms with van der Waals surface area (Å²) in [5, 5.41) is 0. The van der Waals surface area contributed by atoms with Crippen LogP contribution in [0.25, 0.3) is 0 Å². The monoisotopic (exact) mass is 180 g/mol. The predicted octanol–water partition coefficient (Wildman–Crippen LogP) is 1.27. The SMILES string of the molecule is CCC1=CC2CC(CN)(CN)C2C1. The molecule has 0 aliphatic heterocycles. The van der Waals surface area contributed by atoms with Crippen molar-refractivity contribution in [3.63, 3.8) is 0 Å². The molecule has 1 fully saturated rings. The van der Waals surface area contributed by atoms with Crippen LogP contribution >= 0.6 is 0 Å². The van der Waals surface area contributed by atoms with Gasteiger partial charge in [0.15, 0.2) is 0 Å². The molecule has 4 N–H and O–H groups in total. The highest BCUT2D eigenvalue weighted by Gasteiger charge is 2.53. The standard InChI is InChI=1S/C11H20N2/c1-2-8-3-9-5-11(6-12,7-13)10(9)4-8/h3,9-10H,2,4-7,12-13H2,1H3. The minimum Gasteiger partial charge on any atom is -0.330 e. The van der Waals surface area contributed by atoms with Gasteiger partial charge in [-0.05, 0) is 49.6 Å². The highest BCUT2D eigenvalue weighted by Crippen LogP contribution is 2.57. The summed E-state index contributed by atoms with van der Waals surface area (Å²) in [6, 6.07) is 0. The molecule has 2 nitrogen and oxygen atoms in total. The Morgan fingerprint density at radius 1 is 1.46 bits per heavy atom. The van der Waals surface area contributed by atoms with Crippen molar-refractivity contribution in [1.82, 2.24) is 0 Å². The van der Waals surface area contributed by atoms with Crippen LogP contribution in [0.4, 0.5) is 0 Å². The number of rotatable bonds is 3. The van der Waals surface area contributed by atoms with Crippen LogP contribution in [0.1, 0.15) is 26.2 Å². The zero-order valence-electron chi connectivity index (χ0n) is 8.42. The van der Waals surface area contributed by atoms with Crippen LogP contribution in [0.15, 0.2) is 11.6 Å². The normalized spacial score (nSPS) is 35.2. The molecule has 2 unspecified atom stereocenters. The minimum absolute atomic E-state index is 0.290. The van der Waals surface area contributed by atoms with Crippen LogP contribution in [0.2, 0.25) is 0 Å².